The standard InChI is InChI=1S/C17H26O/c1-6-13(12-10-8-7-9-11-12)14(18)15-16(2,3)17(15,4)5/h7-11,13-15,18H,6H2,1-5H3/t13-,14+/m1/s1. The number of rotatable bonds is 4. The van der Waals surface area contributed by atoms with Gasteiger partial charge in [0.1, 0.15) is 0 Å². The molecule has 0 amide bonds. The first-order chi connectivity index (χ1) is 8.34. The molecule has 0 saturated heterocycles. The van der Waals surface area contributed by atoms with Gasteiger partial charge in [0.05, 0.1) is 6.10 Å². The van der Waals surface area contributed by atoms with E-state index >= 15 is 0 Å². The molecule has 1 aromatic carbocycles. The van der Waals surface area contributed by atoms with Gasteiger partial charge in [-0.15, -0.1) is 0 Å². The molecule has 1 nitrogen and oxygen atoms in total. The van der Waals surface area contributed by atoms with Gasteiger partial charge in [0.25, 0.3) is 0 Å². The highest BCUT2D eigenvalue weighted by Gasteiger charge is 2.67. The highest BCUT2D eigenvalue weighted by Crippen LogP contribution is 2.70. The molecule has 18 heavy (non-hydrogen) atoms. The number of aliphatic hydroxyl groups excluding tert-OH is 1. The van der Waals surface area contributed by atoms with Gasteiger partial charge in [0.15, 0.2) is 0 Å². The molecule has 2 atom stereocenters. The van der Waals surface area contributed by atoms with E-state index in [2.05, 4.69) is 58.9 Å². The minimum absolute atomic E-state index is 0.234. The van der Waals surface area contributed by atoms with Crippen molar-refractivity contribution in [3.63, 3.8) is 0 Å². The van der Waals surface area contributed by atoms with Crippen LogP contribution in [0, 0.1) is 16.7 Å². The number of aliphatic hydroxyl groups is 1. The van der Waals surface area contributed by atoms with Crippen molar-refractivity contribution in [2.24, 2.45) is 16.7 Å². The molecule has 0 heterocycles. The lowest BCUT2D eigenvalue weighted by Crippen LogP contribution is -2.23. The summed E-state index contributed by atoms with van der Waals surface area (Å²) < 4.78 is 0. The Morgan fingerprint density at radius 2 is 1.56 bits per heavy atom. The second-order valence-electron chi connectivity index (χ2n) is 6.84. The Bertz CT molecular complexity index is 391. The van der Waals surface area contributed by atoms with Crippen LogP contribution < -0.4 is 0 Å². The first-order valence-electron chi connectivity index (χ1n) is 7.07. The van der Waals surface area contributed by atoms with Gasteiger partial charge < -0.3 is 5.11 Å². The Labute approximate surface area is 111 Å². The summed E-state index contributed by atoms with van der Waals surface area (Å²) in [4.78, 5) is 0. The molecule has 1 fully saturated rings. The summed E-state index contributed by atoms with van der Waals surface area (Å²) in [5, 5.41) is 10.8. The molecule has 1 aliphatic carbocycles. The molecule has 0 unspecified atom stereocenters. The quantitative estimate of drug-likeness (QED) is 0.843. The van der Waals surface area contributed by atoms with Crippen LogP contribution in [0.1, 0.15) is 52.5 Å². The Balaban J connectivity index is 2.21. The van der Waals surface area contributed by atoms with Crippen molar-refractivity contribution in [1.29, 1.82) is 0 Å². The lowest BCUT2D eigenvalue weighted by Gasteiger charge is -2.24. The van der Waals surface area contributed by atoms with Crippen molar-refractivity contribution in [1.82, 2.24) is 0 Å². The summed E-state index contributed by atoms with van der Waals surface area (Å²) in [6.07, 6.45) is 0.760. The van der Waals surface area contributed by atoms with Crippen molar-refractivity contribution >= 4 is 0 Å². The van der Waals surface area contributed by atoms with Gasteiger partial charge >= 0.3 is 0 Å². The van der Waals surface area contributed by atoms with E-state index < -0.39 is 0 Å². The molecule has 0 bridgehead atoms. The average molecular weight is 246 g/mol. The fraction of sp³-hybridized carbons (Fsp3) is 0.647. The molecule has 1 saturated carbocycles. The highest BCUT2D eigenvalue weighted by molar-refractivity contribution is 5.25. The van der Waals surface area contributed by atoms with E-state index in [0.29, 0.717) is 5.92 Å². The van der Waals surface area contributed by atoms with E-state index in [1.54, 1.807) is 0 Å². The molecule has 1 aliphatic rings. The zero-order valence-corrected chi connectivity index (χ0v) is 12.3. The molecular formula is C17H26O. The predicted molar refractivity (Wildman–Crippen MR) is 76.5 cm³/mol. The minimum atomic E-state index is -0.234. The van der Waals surface area contributed by atoms with Crippen LogP contribution in [0.25, 0.3) is 0 Å². The minimum Gasteiger partial charge on any atom is -0.392 e. The Morgan fingerprint density at radius 3 is 1.94 bits per heavy atom. The lowest BCUT2D eigenvalue weighted by molar-refractivity contribution is 0.0981. The van der Waals surface area contributed by atoms with E-state index in [0.717, 1.165) is 6.42 Å². The van der Waals surface area contributed by atoms with Crippen LogP contribution in [0.15, 0.2) is 30.3 Å². The Kier molecular flexibility index (Phi) is 3.31. The summed E-state index contributed by atoms with van der Waals surface area (Å²) in [6, 6.07) is 10.4. The van der Waals surface area contributed by atoms with E-state index in [-0.39, 0.29) is 22.9 Å². The molecule has 0 aromatic heterocycles. The zero-order valence-electron chi connectivity index (χ0n) is 12.3. The Hall–Kier alpha value is -0.820. The van der Waals surface area contributed by atoms with Gasteiger partial charge in [-0.3, -0.25) is 0 Å². The average Bonchev–Trinajstić information content (AvgIpc) is 2.71. The fourth-order valence-corrected chi connectivity index (χ4v) is 3.71. The maximum Gasteiger partial charge on any atom is 0.0647 e. The topological polar surface area (TPSA) is 20.2 Å². The lowest BCUT2D eigenvalue weighted by atomic mass is 9.86. The monoisotopic (exact) mass is 246 g/mol. The fourth-order valence-electron chi connectivity index (χ4n) is 3.71. The first-order valence-corrected chi connectivity index (χ1v) is 7.07. The van der Waals surface area contributed by atoms with E-state index in [4.69, 9.17) is 0 Å². The van der Waals surface area contributed by atoms with Gasteiger partial charge in [-0.2, -0.15) is 0 Å². The van der Waals surface area contributed by atoms with Gasteiger partial charge in [-0.05, 0) is 28.7 Å². The van der Waals surface area contributed by atoms with Crippen molar-refractivity contribution in [2.75, 3.05) is 0 Å². The van der Waals surface area contributed by atoms with E-state index in [1.807, 2.05) is 6.07 Å². The smallest absolute Gasteiger partial charge is 0.0647 e. The van der Waals surface area contributed by atoms with Gasteiger partial charge in [-0.1, -0.05) is 65.0 Å². The van der Waals surface area contributed by atoms with Crippen LogP contribution in [0.2, 0.25) is 0 Å². The maximum absolute atomic E-state index is 10.8. The van der Waals surface area contributed by atoms with Gasteiger partial charge in [-0.25, -0.2) is 0 Å². The van der Waals surface area contributed by atoms with Crippen LogP contribution in [-0.2, 0) is 0 Å². The van der Waals surface area contributed by atoms with Crippen LogP contribution in [0.4, 0.5) is 0 Å². The predicted octanol–water partition coefficient (Wildman–Crippen LogP) is 4.22. The molecule has 2 rings (SSSR count). The van der Waals surface area contributed by atoms with Gasteiger partial charge in [0.2, 0.25) is 0 Å². The summed E-state index contributed by atoms with van der Waals surface area (Å²) in [6.45, 7) is 11.3. The summed E-state index contributed by atoms with van der Waals surface area (Å²) in [5.74, 6) is 0.660. The number of hydrogen-bond donors (Lipinski definition) is 1. The van der Waals surface area contributed by atoms with E-state index in [1.165, 1.54) is 5.56 Å². The third kappa shape index (κ3) is 1.89. The first kappa shape index (κ1) is 13.6. The molecule has 0 spiro atoms. The zero-order chi connectivity index (χ0) is 13.6. The van der Waals surface area contributed by atoms with Crippen LogP contribution in [0.3, 0.4) is 0 Å². The summed E-state index contributed by atoms with van der Waals surface area (Å²) >= 11 is 0. The van der Waals surface area contributed by atoms with Crippen LogP contribution >= 0.6 is 0 Å². The molecule has 1 aromatic rings. The molecule has 0 radical (unpaired) electrons. The largest absolute Gasteiger partial charge is 0.392 e. The van der Waals surface area contributed by atoms with Crippen molar-refractivity contribution in [3.05, 3.63) is 35.9 Å². The Morgan fingerprint density at radius 1 is 1.06 bits per heavy atom. The van der Waals surface area contributed by atoms with Crippen LogP contribution in [-0.4, -0.2) is 11.2 Å². The second kappa shape index (κ2) is 4.38. The second-order valence-corrected chi connectivity index (χ2v) is 6.84. The van der Waals surface area contributed by atoms with Crippen molar-refractivity contribution in [3.8, 4) is 0 Å². The summed E-state index contributed by atoms with van der Waals surface area (Å²) in [5.41, 5.74) is 1.76. The van der Waals surface area contributed by atoms with Crippen LogP contribution in [0.5, 0.6) is 0 Å². The highest BCUT2D eigenvalue weighted by atomic mass is 16.3. The molecule has 1 heteroatoms. The molecule has 100 valence electrons. The molecular weight excluding hydrogens is 220 g/mol. The third-order valence-electron chi connectivity index (χ3n) is 5.55. The number of hydrogen-bond acceptors (Lipinski definition) is 1. The molecule has 0 aliphatic heterocycles. The normalized spacial score (nSPS) is 24.6. The summed E-state index contributed by atoms with van der Waals surface area (Å²) in [7, 11) is 0. The van der Waals surface area contributed by atoms with Crippen molar-refractivity contribution < 1.29 is 5.11 Å². The maximum atomic E-state index is 10.8. The van der Waals surface area contributed by atoms with Crippen molar-refractivity contribution in [2.45, 2.75) is 53.1 Å². The molecule has 1 N–H and O–H groups in total. The number of benzene rings is 1. The van der Waals surface area contributed by atoms with E-state index in [9.17, 15) is 5.11 Å². The van der Waals surface area contributed by atoms with Gasteiger partial charge in [0, 0.05) is 5.92 Å². The SMILES string of the molecule is CC[C@H](c1ccccc1)[C@H](O)C1C(C)(C)C1(C)C. The third-order valence-corrected chi connectivity index (χ3v) is 5.55.